The van der Waals surface area contributed by atoms with Crippen LogP contribution in [0, 0.1) is 0 Å². The van der Waals surface area contributed by atoms with Gasteiger partial charge in [0.15, 0.2) is 6.04 Å². The van der Waals surface area contributed by atoms with Gasteiger partial charge in [0.1, 0.15) is 10.7 Å². The molecule has 1 N–H and O–H groups in total. The predicted octanol–water partition coefficient (Wildman–Crippen LogP) is 6.61. The zero-order valence-electron chi connectivity index (χ0n) is 19.7. The summed E-state index contributed by atoms with van der Waals surface area (Å²) in [6.07, 6.45) is 2.75. The average Bonchev–Trinajstić information content (AvgIpc) is 3.52. The molecule has 0 saturated carbocycles. The van der Waals surface area contributed by atoms with Gasteiger partial charge >= 0.3 is 11.1 Å². The van der Waals surface area contributed by atoms with E-state index < -0.39 is 0 Å². The molecule has 36 heavy (non-hydrogen) atoms. The number of methoxy groups -OCH3 is 1. The summed E-state index contributed by atoms with van der Waals surface area (Å²) < 4.78 is 7.34. The number of hydrogen-bond acceptors (Lipinski definition) is 4. The van der Waals surface area contributed by atoms with Gasteiger partial charge in [-0.3, -0.25) is 0 Å². The molecule has 0 aliphatic carbocycles. The summed E-state index contributed by atoms with van der Waals surface area (Å²) in [5.74, 6) is 1.52. The van der Waals surface area contributed by atoms with Crippen molar-refractivity contribution in [2.24, 2.45) is 5.10 Å². The lowest BCUT2D eigenvalue weighted by molar-refractivity contribution is -0.568. The molecule has 4 aromatic carbocycles. The van der Waals surface area contributed by atoms with Crippen LogP contribution >= 0.6 is 11.8 Å². The maximum Gasteiger partial charge on any atom is 0.372 e. The first kappa shape index (κ1) is 22.3. The summed E-state index contributed by atoms with van der Waals surface area (Å²) >= 11 is 1.20. The van der Waals surface area contributed by atoms with Crippen LogP contribution in [0.15, 0.2) is 107 Å². The number of hydrogen-bond donors (Lipinski definition) is 1. The summed E-state index contributed by atoms with van der Waals surface area (Å²) in [5, 5.41) is 10.4. The Labute approximate surface area is 213 Å². The third-order valence-corrected chi connectivity index (χ3v) is 7.30. The molecule has 0 spiro atoms. The van der Waals surface area contributed by atoms with Crippen molar-refractivity contribution in [3.05, 3.63) is 119 Å². The number of carbonyl (C=O) groups is 1. The fourth-order valence-corrected chi connectivity index (χ4v) is 5.43. The van der Waals surface area contributed by atoms with E-state index in [9.17, 15) is 4.79 Å². The highest BCUT2D eigenvalue weighted by Crippen LogP contribution is 2.35. The molecule has 1 saturated heterocycles. The molecule has 0 bridgehead atoms. The fraction of sp³-hybridized carbons (Fsp3) is 0.100. The van der Waals surface area contributed by atoms with Gasteiger partial charge in [0.25, 0.3) is 0 Å². The molecule has 5 nitrogen and oxygen atoms in total. The van der Waals surface area contributed by atoms with Crippen molar-refractivity contribution in [3.63, 3.8) is 0 Å². The van der Waals surface area contributed by atoms with Crippen LogP contribution in [0.1, 0.15) is 29.2 Å². The molecule has 4 aromatic rings. The minimum Gasteiger partial charge on any atom is -0.497 e. The molecule has 6 rings (SSSR count). The summed E-state index contributed by atoms with van der Waals surface area (Å²) in [6.45, 7) is 0. The Kier molecular flexibility index (Phi) is 5.87. The Morgan fingerprint density at radius 1 is 0.944 bits per heavy atom. The highest BCUT2D eigenvalue weighted by molar-refractivity contribution is 8.18. The molecular formula is C30H24N3O2S+. The largest absolute Gasteiger partial charge is 0.497 e. The Morgan fingerprint density at radius 2 is 1.69 bits per heavy atom. The highest BCUT2D eigenvalue weighted by atomic mass is 32.2. The van der Waals surface area contributed by atoms with Crippen molar-refractivity contribution >= 4 is 45.4 Å². The molecule has 2 aliphatic heterocycles. The normalized spacial score (nSPS) is 20.6. The lowest BCUT2D eigenvalue weighted by atomic mass is 9.97. The second-order valence-electron chi connectivity index (χ2n) is 8.73. The van der Waals surface area contributed by atoms with Gasteiger partial charge in [0.05, 0.1) is 12.8 Å². The van der Waals surface area contributed by atoms with Crippen LogP contribution in [0.3, 0.4) is 0 Å². The molecule has 1 fully saturated rings. The maximum atomic E-state index is 12.5. The summed E-state index contributed by atoms with van der Waals surface area (Å²) in [4.78, 5) is 13.4. The van der Waals surface area contributed by atoms with Crippen molar-refractivity contribution in [3.8, 4) is 5.75 Å². The van der Waals surface area contributed by atoms with Gasteiger partial charge in [0.2, 0.25) is 0 Å². The smallest absolute Gasteiger partial charge is 0.372 e. The first-order valence-corrected chi connectivity index (χ1v) is 12.6. The Balaban J connectivity index is 1.48. The van der Waals surface area contributed by atoms with Crippen LogP contribution in [-0.2, 0) is 0 Å². The molecule has 1 amide bonds. The number of carbonyl (C=O) groups excluding carboxylic acids is 1. The standard InChI is InChI=1S/C30H23N3O2S/c1-35-25-15-13-22(14-16-25)27-19-26(24-12-11-21-9-5-6-10-23(21)18-24)32-33(27)29-28(36-30(34)31-29)17-20-7-3-2-4-8-20/h2-18,27H,19H2,1H3/p+1/b28-17-/t27-/m0/s1. The number of hydrazone groups is 1. The van der Waals surface area contributed by atoms with Crippen LogP contribution in [0.25, 0.3) is 16.8 Å². The highest BCUT2D eigenvalue weighted by Gasteiger charge is 2.40. The van der Waals surface area contributed by atoms with Gasteiger partial charge in [-0.2, -0.15) is 5.32 Å². The van der Waals surface area contributed by atoms with Crippen LogP contribution < -0.4 is 10.1 Å². The van der Waals surface area contributed by atoms with Crippen molar-refractivity contribution in [1.82, 2.24) is 5.32 Å². The van der Waals surface area contributed by atoms with E-state index in [0.717, 1.165) is 33.1 Å². The van der Waals surface area contributed by atoms with Gasteiger partial charge in [-0.25, -0.2) is 4.79 Å². The van der Waals surface area contributed by atoms with E-state index in [1.807, 2.05) is 59.3 Å². The number of thioether (sulfide) groups is 1. The molecule has 1 atom stereocenters. The minimum absolute atomic E-state index is 0.0643. The number of fused-ring (bicyclic) bond motifs is 1. The van der Waals surface area contributed by atoms with Crippen molar-refractivity contribution in [2.45, 2.75) is 12.5 Å². The third kappa shape index (κ3) is 4.32. The zero-order valence-corrected chi connectivity index (χ0v) is 20.5. The molecule has 0 radical (unpaired) electrons. The van der Waals surface area contributed by atoms with E-state index in [2.05, 4.69) is 53.8 Å². The van der Waals surface area contributed by atoms with Gasteiger partial charge in [-0.05, 0) is 46.2 Å². The third-order valence-electron chi connectivity index (χ3n) is 6.48. The topological polar surface area (TPSA) is 53.7 Å². The molecule has 2 heterocycles. The second kappa shape index (κ2) is 9.47. The SMILES string of the molecule is COc1ccc([C@@H]2CC(c3ccc4ccccc4c3)=N/[N+]2=C2/NC(=O)S/C2=C\c2ccccc2)cc1. The zero-order chi connectivity index (χ0) is 24.5. The summed E-state index contributed by atoms with van der Waals surface area (Å²) in [5.41, 5.74) is 4.21. The van der Waals surface area contributed by atoms with Crippen molar-refractivity contribution < 1.29 is 14.2 Å². The van der Waals surface area contributed by atoms with Gasteiger partial charge in [-0.15, -0.1) is 4.68 Å². The Morgan fingerprint density at radius 3 is 2.47 bits per heavy atom. The van der Waals surface area contributed by atoms with Crippen molar-refractivity contribution in [1.29, 1.82) is 0 Å². The predicted molar refractivity (Wildman–Crippen MR) is 147 cm³/mol. The Hall–Kier alpha value is -4.16. The number of amidine groups is 1. The molecule has 0 unspecified atom stereocenters. The first-order chi connectivity index (χ1) is 17.7. The number of nitrogens with one attached hydrogen (secondary N) is 1. The number of ether oxygens (including phenoxy) is 1. The number of rotatable bonds is 4. The summed E-state index contributed by atoms with van der Waals surface area (Å²) in [6, 6.07) is 32.8. The lowest BCUT2D eigenvalue weighted by Crippen LogP contribution is -2.29. The van der Waals surface area contributed by atoms with Gasteiger partial charge < -0.3 is 4.74 Å². The average molecular weight is 491 g/mol. The number of nitrogens with zero attached hydrogens (tertiary/aromatic N) is 2. The van der Waals surface area contributed by atoms with Crippen LogP contribution in [0.2, 0.25) is 0 Å². The van der Waals surface area contributed by atoms with Crippen LogP contribution in [0.4, 0.5) is 4.79 Å². The Bertz CT molecular complexity index is 1560. The van der Waals surface area contributed by atoms with E-state index in [1.54, 1.807) is 7.11 Å². The molecular weight excluding hydrogens is 466 g/mol. The minimum atomic E-state index is -0.102. The molecule has 6 heteroatoms. The van der Waals surface area contributed by atoms with E-state index in [0.29, 0.717) is 12.3 Å². The number of benzene rings is 4. The maximum absolute atomic E-state index is 12.5. The van der Waals surface area contributed by atoms with Gasteiger partial charge in [-0.1, -0.05) is 84.0 Å². The fourth-order valence-electron chi connectivity index (χ4n) is 4.65. The number of amides is 1. The first-order valence-electron chi connectivity index (χ1n) is 11.8. The molecule has 0 aromatic heterocycles. The molecule has 176 valence electrons. The monoisotopic (exact) mass is 490 g/mol. The lowest BCUT2D eigenvalue weighted by Gasteiger charge is -2.11. The summed E-state index contributed by atoms with van der Waals surface area (Å²) in [7, 11) is 1.67. The van der Waals surface area contributed by atoms with E-state index in [-0.39, 0.29) is 11.3 Å². The van der Waals surface area contributed by atoms with Crippen LogP contribution in [-0.4, -0.2) is 28.6 Å². The van der Waals surface area contributed by atoms with Crippen molar-refractivity contribution in [2.75, 3.05) is 7.11 Å². The second-order valence-corrected chi connectivity index (χ2v) is 9.74. The van der Waals surface area contributed by atoms with E-state index in [4.69, 9.17) is 9.84 Å². The quantitative estimate of drug-likeness (QED) is 0.328. The van der Waals surface area contributed by atoms with Crippen LogP contribution in [0.5, 0.6) is 5.75 Å². The molecule has 2 aliphatic rings. The van der Waals surface area contributed by atoms with E-state index >= 15 is 0 Å². The van der Waals surface area contributed by atoms with Gasteiger partial charge in [0, 0.05) is 23.7 Å². The van der Waals surface area contributed by atoms with E-state index in [1.165, 1.54) is 22.5 Å².